The first-order valence-corrected chi connectivity index (χ1v) is 11.1. The maximum atomic E-state index is 12.8. The molecule has 6 nitrogen and oxygen atoms in total. The molecule has 0 radical (unpaired) electrons. The Morgan fingerprint density at radius 3 is 2.63 bits per heavy atom. The van der Waals surface area contributed by atoms with Crippen molar-refractivity contribution in [3.05, 3.63) is 64.4 Å². The van der Waals surface area contributed by atoms with Gasteiger partial charge in [0.15, 0.2) is 5.16 Å². The smallest absolute Gasteiger partial charge is 0.262 e. The first kappa shape index (κ1) is 22.1. The molecule has 0 aliphatic carbocycles. The number of aliphatic hydroxyl groups excluding tert-OH is 1. The number of para-hydroxylation sites is 1. The number of anilines is 1. The predicted molar refractivity (Wildman–Crippen MR) is 122 cm³/mol. The van der Waals surface area contributed by atoms with Gasteiger partial charge in [0.05, 0.1) is 16.7 Å². The lowest BCUT2D eigenvalue weighted by Gasteiger charge is -2.13. The summed E-state index contributed by atoms with van der Waals surface area (Å²) in [6.07, 6.45) is 1.52. The number of hydrogen-bond acceptors (Lipinski definition) is 5. The Hall–Kier alpha value is -2.64. The molecule has 0 fully saturated rings. The molecule has 30 heavy (non-hydrogen) atoms. The van der Waals surface area contributed by atoms with Gasteiger partial charge in [-0.25, -0.2) is 4.98 Å². The van der Waals surface area contributed by atoms with Crippen LogP contribution in [0.15, 0.2) is 58.5 Å². The standard InChI is InChI=1S/C23H27N3O3S/c1-3-16(2)17-9-11-18(12-10-17)24-21(28)15-30-23-25-20-8-5-4-7-19(20)22(29)26(23)13-6-14-27/h4-5,7-12,16,27H,3,6,13-15H2,1-2H3,(H,24,28)/t16-/m1/s1. The van der Waals surface area contributed by atoms with Crippen molar-refractivity contribution in [2.24, 2.45) is 0 Å². The summed E-state index contributed by atoms with van der Waals surface area (Å²) in [6, 6.07) is 15.1. The molecule has 2 aromatic carbocycles. The van der Waals surface area contributed by atoms with E-state index in [1.54, 1.807) is 18.2 Å². The van der Waals surface area contributed by atoms with Crippen LogP contribution in [0.5, 0.6) is 0 Å². The number of rotatable bonds is 9. The van der Waals surface area contributed by atoms with Crippen LogP contribution in [-0.4, -0.2) is 32.9 Å². The first-order valence-electron chi connectivity index (χ1n) is 10.2. The van der Waals surface area contributed by atoms with Gasteiger partial charge in [0, 0.05) is 18.8 Å². The first-order chi connectivity index (χ1) is 14.5. The summed E-state index contributed by atoms with van der Waals surface area (Å²) in [7, 11) is 0. The normalized spacial score (nSPS) is 12.1. The highest BCUT2D eigenvalue weighted by atomic mass is 32.2. The number of amides is 1. The number of aliphatic hydroxyl groups is 1. The minimum atomic E-state index is -0.160. The highest BCUT2D eigenvalue weighted by Gasteiger charge is 2.13. The minimum absolute atomic E-state index is 0.0174. The van der Waals surface area contributed by atoms with Gasteiger partial charge in [-0.05, 0) is 48.6 Å². The van der Waals surface area contributed by atoms with Crippen LogP contribution >= 0.6 is 11.8 Å². The van der Waals surface area contributed by atoms with E-state index in [0.717, 1.165) is 12.1 Å². The zero-order valence-corrected chi connectivity index (χ0v) is 18.1. The van der Waals surface area contributed by atoms with E-state index in [4.69, 9.17) is 5.11 Å². The van der Waals surface area contributed by atoms with Crippen molar-refractivity contribution in [2.75, 3.05) is 17.7 Å². The highest BCUT2D eigenvalue weighted by Crippen LogP contribution is 2.22. The van der Waals surface area contributed by atoms with E-state index in [2.05, 4.69) is 24.1 Å². The molecule has 0 unspecified atom stereocenters. The Morgan fingerprint density at radius 1 is 1.20 bits per heavy atom. The van der Waals surface area contributed by atoms with Crippen LogP contribution in [0.3, 0.4) is 0 Å². The summed E-state index contributed by atoms with van der Waals surface area (Å²) < 4.78 is 1.54. The molecule has 3 rings (SSSR count). The molecule has 1 heterocycles. The number of nitrogens with one attached hydrogen (secondary N) is 1. The van der Waals surface area contributed by atoms with Crippen LogP contribution in [0, 0.1) is 0 Å². The molecule has 1 amide bonds. The second-order valence-corrected chi connectivity index (χ2v) is 8.16. The number of nitrogens with zero attached hydrogens (tertiary/aromatic N) is 2. The summed E-state index contributed by atoms with van der Waals surface area (Å²) in [5.74, 6) is 0.462. The van der Waals surface area contributed by atoms with Crippen molar-refractivity contribution in [1.82, 2.24) is 9.55 Å². The third-order valence-corrected chi connectivity index (χ3v) is 6.05. The molecule has 3 aromatic rings. The van der Waals surface area contributed by atoms with E-state index < -0.39 is 0 Å². The second-order valence-electron chi connectivity index (χ2n) is 7.21. The summed E-state index contributed by atoms with van der Waals surface area (Å²) in [4.78, 5) is 29.9. The number of aromatic nitrogens is 2. The van der Waals surface area contributed by atoms with Gasteiger partial charge in [-0.2, -0.15) is 0 Å². The Bertz CT molecular complexity index is 1060. The van der Waals surface area contributed by atoms with E-state index in [0.29, 0.717) is 34.9 Å². The van der Waals surface area contributed by atoms with Gasteiger partial charge in [0.1, 0.15) is 0 Å². The van der Waals surface area contributed by atoms with Gasteiger partial charge >= 0.3 is 0 Å². The van der Waals surface area contributed by atoms with Gasteiger partial charge in [-0.1, -0.05) is 49.9 Å². The molecule has 158 valence electrons. The number of carbonyl (C=O) groups is 1. The van der Waals surface area contributed by atoms with E-state index >= 15 is 0 Å². The largest absolute Gasteiger partial charge is 0.396 e. The summed E-state index contributed by atoms with van der Waals surface area (Å²) in [6.45, 7) is 4.67. The molecule has 0 aliphatic rings. The predicted octanol–water partition coefficient (Wildman–Crippen LogP) is 4.02. The fraction of sp³-hybridized carbons (Fsp3) is 0.348. The maximum absolute atomic E-state index is 12.8. The highest BCUT2D eigenvalue weighted by molar-refractivity contribution is 7.99. The molecular formula is C23H27N3O3S. The van der Waals surface area contributed by atoms with E-state index in [-0.39, 0.29) is 23.8 Å². The van der Waals surface area contributed by atoms with E-state index in [1.165, 1.54) is 21.9 Å². The molecular weight excluding hydrogens is 398 g/mol. The number of thioether (sulfide) groups is 1. The van der Waals surface area contributed by atoms with E-state index in [9.17, 15) is 9.59 Å². The second kappa shape index (κ2) is 10.4. The fourth-order valence-corrected chi connectivity index (χ4v) is 3.97. The summed E-state index contributed by atoms with van der Waals surface area (Å²) in [5.41, 5.74) is 2.44. The molecule has 0 spiro atoms. The number of hydrogen-bond donors (Lipinski definition) is 2. The summed E-state index contributed by atoms with van der Waals surface area (Å²) in [5, 5.41) is 13.1. The number of benzene rings is 2. The van der Waals surface area contributed by atoms with Crippen molar-refractivity contribution in [2.45, 2.75) is 44.3 Å². The minimum Gasteiger partial charge on any atom is -0.396 e. The SMILES string of the molecule is CC[C@@H](C)c1ccc(NC(=O)CSc2nc3ccccc3c(=O)n2CCCO)cc1. The topological polar surface area (TPSA) is 84.2 Å². The Kier molecular flexibility index (Phi) is 7.65. The maximum Gasteiger partial charge on any atom is 0.262 e. The lowest BCUT2D eigenvalue weighted by atomic mass is 9.99. The van der Waals surface area contributed by atoms with Gasteiger partial charge in [0.2, 0.25) is 5.91 Å². The van der Waals surface area contributed by atoms with Crippen LogP contribution in [0.1, 0.15) is 38.2 Å². The van der Waals surface area contributed by atoms with Crippen molar-refractivity contribution in [3.8, 4) is 0 Å². The molecule has 7 heteroatoms. The Balaban J connectivity index is 1.72. The third kappa shape index (κ3) is 5.29. The number of fused-ring (bicyclic) bond motifs is 1. The quantitative estimate of drug-likeness (QED) is 0.400. The molecule has 1 aromatic heterocycles. The molecule has 1 atom stereocenters. The molecule has 2 N–H and O–H groups in total. The molecule has 0 saturated carbocycles. The van der Waals surface area contributed by atoms with Crippen LogP contribution in [-0.2, 0) is 11.3 Å². The summed E-state index contributed by atoms with van der Waals surface area (Å²) >= 11 is 1.22. The van der Waals surface area contributed by atoms with Crippen LogP contribution < -0.4 is 10.9 Å². The third-order valence-electron chi connectivity index (χ3n) is 5.07. The molecule has 0 bridgehead atoms. The lowest BCUT2D eigenvalue weighted by molar-refractivity contribution is -0.113. The monoisotopic (exact) mass is 425 g/mol. The zero-order chi connectivity index (χ0) is 21.5. The Labute approximate surface area is 180 Å². The van der Waals surface area contributed by atoms with Crippen LogP contribution in [0.2, 0.25) is 0 Å². The zero-order valence-electron chi connectivity index (χ0n) is 17.3. The van der Waals surface area contributed by atoms with Gasteiger partial charge in [0.25, 0.3) is 5.56 Å². The lowest BCUT2D eigenvalue weighted by Crippen LogP contribution is -2.24. The Morgan fingerprint density at radius 2 is 1.93 bits per heavy atom. The van der Waals surface area contributed by atoms with Crippen molar-refractivity contribution >= 4 is 34.3 Å². The molecule has 0 aliphatic heterocycles. The van der Waals surface area contributed by atoms with Crippen LogP contribution in [0.25, 0.3) is 10.9 Å². The van der Waals surface area contributed by atoms with E-state index in [1.807, 2.05) is 30.3 Å². The number of carbonyl (C=O) groups excluding carboxylic acids is 1. The van der Waals surface area contributed by atoms with Gasteiger partial charge in [-0.15, -0.1) is 0 Å². The van der Waals surface area contributed by atoms with Gasteiger partial charge < -0.3 is 10.4 Å². The molecule has 0 saturated heterocycles. The fourth-order valence-electron chi connectivity index (χ4n) is 3.14. The van der Waals surface area contributed by atoms with Gasteiger partial charge in [-0.3, -0.25) is 14.2 Å². The van der Waals surface area contributed by atoms with Crippen molar-refractivity contribution < 1.29 is 9.90 Å². The van der Waals surface area contributed by atoms with Crippen molar-refractivity contribution in [1.29, 1.82) is 0 Å². The van der Waals surface area contributed by atoms with Crippen LogP contribution in [0.4, 0.5) is 5.69 Å². The average molecular weight is 426 g/mol. The van der Waals surface area contributed by atoms with Crippen molar-refractivity contribution in [3.63, 3.8) is 0 Å². The average Bonchev–Trinajstić information content (AvgIpc) is 2.77.